The monoisotopic (exact) mass is 263 g/mol. The zero-order valence-electron chi connectivity index (χ0n) is 11.4. The van der Waals surface area contributed by atoms with Crippen LogP contribution < -0.4 is 10.9 Å². The number of nitrogens with one attached hydrogen (secondary N) is 2. The summed E-state index contributed by atoms with van der Waals surface area (Å²) >= 11 is 0. The van der Waals surface area contributed by atoms with Gasteiger partial charge >= 0.3 is 0 Å². The number of hydrogen-bond donors (Lipinski definition) is 2. The maximum Gasteiger partial charge on any atom is 0.252 e. The van der Waals surface area contributed by atoms with Gasteiger partial charge in [0.25, 0.3) is 5.56 Å². The zero-order valence-corrected chi connectivity index (χ0v) is 11.4. The summed E-state index contributed by atoms with van der Waals surface area (Å²) in [5.41, 5.74) is 0.307. The van der Waals surface area contributed by atoms with Crippen LogP contribution in [0.25, 0.3) is 0 Å². The number of H-pyrrole nitrogens is 1. The van der Waals surface area contributed by atoms with Crippen molar-refractivity contribution < 1.29 is 4.74 Å². The van der Waals surface area contributed by atoms with Gasteiger partial charge in [-0.3, -0.25) is 4.79 Å². The summed E-state index contributed by atoms with van der Waals surface area (Å²) in [5.74, 6) is 2.03. The third-order valence-corrected chi connectivity index (χ3v) is 4.16. The van der Waals surface area contributed by atoms with Gasteiger partial charge in [-0.05, 0) is 37.5 Å². The van der Waals surface area contributed by atoms with Crippen LogP contribution in [0.2, 0.25) is 0 Å². The summed E-state index contributed by atoms with van der Waals surface area (Å²) in [6.45, 7) is 1.69. The third-order valence-electron chi connectivity index (χ3n) is 4.16. The highest BCUT2D eigenvalue weighted by Gasteiger charge is 2.41. The van der Waals surface area contributed by atoms with Crippen molar-refractivity contribution in [1.29, 1.82) is 0 Å². The standard InChI is InChI=1S/C14H21N3O2/c1-19-7-6-14(4-5-14)9-15-11-8-12(18)17-13(16-11)10-2-3-10/h8,10H,2-7,9H2,1H3,(H2,15,16,17,18). The SMILES string of the molecule is COCCC1(CNc2cc(=O)[nH]c(C3CC3)n2)CC1. The van der Waals surface area contributed by atoms with Gasteiger partial charge in [-0.15, -0.1) is 0 Å². The van der Waals surface area contributed by atoms with Crippen LogP contribution in [0.1, 0.15) is 43.8 Å². The van der Waals surface area contributed by atoms with Crippen molar-refractivity contribution in [2.75, 3.05) is 25.6 Å². The van der Waals surface area contributed by atoms with E-state index >= 15 is 0 Å². The Balaban J connectivity index is 1.62. The molecular formula is C14H21N3O2. The van der Waals surface area contributed by atoms with E-state index in [2.05, 4.69) is 15.3 Å². The summed E-state index contributed by atoms with van der Waals surface area (Å²) in [6, 6.07) is 1.55. The summed E-state index contributed by atoms with van der Waals surface area (Å²) in [4.78, 5) is 18.9. The van der Waals surface area contributed by atoms with Crippen LogP contribution in [0.15, 0.2) is 10.9 Å². The number of nitrogens with zero attached hydrogens (tertiary/aromatic N) is 1. The first-order valence-electron chi connectivity index (χ1n) is 7.05. The molecule has 0 radical (unpaired) electrons. The molecule has 2 aliphatic carbocycles. The molecule has 19 heavy (non-hydrogen) atoms. The van der Waals surface area contributed by atoms with E-state index in [-0.39, 0.29) is 5.56 Å². The highest BCUT2D eigenvalue weighted by Crippen LogP contribution is 2.48. The third kappa shape index (κ3) is 3.15. The number of anilines is 1. The lowest BCUT2D eigenvalue weighted by atomic mass is 10.0. The molecule has 2 fully saturated rings. The van der Waals surface area contributed by atoms with Gasteiger partial charge in [-0.25, -0.2) is 4.98 Å². The molecule has 0 atom stereocenters. The number of ether oxygens (including phenoxy) is 1. The molecule has 5 nitrogen and oxygen atoms in total. The van der Waals surface area contributed by atoms with Crippen molar-refractivity contribution in [3.63, 3.8) is 0 Å². The lowest BCUT2D eigenvalue weighted by molar-refractivity contribution is 0.175. The highest BCUT2D eigenvalue weighted by atomic mass is 16.5. The number of methoxy groups -OCH3 is 1. The molecule has 0 spiro atoms. The molecule has 0 aromatic carbocycles. The first-order chi connectivity index (χ1) is 9.21. The van der Waals surface area contributed by atoms with Gasteiger partial charge in [0, 0.05) is 32.2 Å². The van der Waals surface area contributed by atoms with E-state index < -0.39 is 0 Å². The van der Waals surface area contributed by atoms with E-state index in [1.807, 2.05) is 0 Å². The summed E-state index contributed by atoms with van der Waals surface area (Å²) < 4.78 is 5.15. The molecule has 0 bridgehead atoms. The quantitative estimate of drug-likeness (QED) is 0.788. The Hall–Kier alpha value is -1.36. The van der Waals surface area contributed by atoms with Crippen molar-refractivity contribution in [2.45, 2.75) is 38.0 Å². The van der Waals surface area contributed by atoms with Gasteiger partial charge in [0.15, 0.2) is 0 Å². The van der Waals surface area contributed by atoms with Crippen molar-refractivity contribution in [2.24, 2.45) is 5.41 Å². The average Bonchev–Trinajstić information content (AvgIpc) is 3.27. The number of rotatable bonds is 7. The maximum absolute atomic E-state index is 11.6. The van der Waals surface area contributed by atoms with Gasteiger partial charge in [-0.2, -0.15) is 0 Å². The van der Waals surface area contributed by atoms with E-state index in [0.29, 0.717) is 17.2 Å². The molecule has 0 unspecified atom stereocenters. The fourth-order valence-corrected chi connectivity index (χ4v) is 2.41. The fourth-order valence-electron chi connectivity index (χ4n) is 2.41. The van der Waals surface area contributed by atoms with E-state index in [9.17, 15) is 4.79 Å². The topological polar surface area (TPSA) is 67.0 Å². The molecular weight excluding hydrogens is 242 g/mol. The minimum atomic E-state index is -0.0545. The summed E-state index contributed by atoms with van der Waals surface area (Å²) in [7, 11) is 1.74. The summed E-state index contributed by atoms with van der Waals surface area (Å²) in [6.07, 6.45) is 5.84. The first kappa shape index (κ1) is 12.7. The lowest BCUT2D eigenvalue weighted by Gasteiger charge is -2.16. The summed E-state index contributed by atoms with van der Waals surface area (Å²) in [5, 5.41) is 3.33. The Morgan fingerprint density at radius 1 is 1.53 bits per heavy atom. The number of hydrogen-bond acceptors (Lipinski definition) is 4. The Morgan fingerprint density at radius 2 is 2.32 bits per heavy atom. The highest BCUT2D eigenvalue weighted by molar-refractivity contribution is 5.34. The van der Waals surface area contributed by atoms with Gasteiger partial charge in [0.1, 0.15) is 11.6 Å². The molecule has 2 saturated carbocycles. The Kier molecular flexibility index (Phi) is 3.31. The molecule has 0 amide bonds. The molecule has 1 heterocycles. The smallest absolute Gasteiger partial charge is 0.252 e. The van der Waals surface area contributed by atoms with Gasteiger partial charge in [-0.1, -0.05) is 0 Å². The molecule has 2 N–H and O–H groups in total. The average molecular weight is 263 g/mol. The van der Waals surface area contributed by atoms with Crippen LogP contribution in [0.4, 0.5) is 5.82 Å². The molecule has 0 aliphatic heterocycles. The first-order valence-corrected chi connectivity index (χ1v) is 7.05. The Morgan fingerprint density at radius 3 is 2.95 bits per heavy atom. The number of aromatic nitrogens is 2. The van der Waals surface area contributed by atoms with E-state index in [4.69, 9.17) is 4.74 Å². The molecule has 0 saturated heterocycles. The molecule has 3 rings (SSSR count). The predicted octanol–water partition coefficient (Wildman–Crippen LogP) is 1.88. The molecule has 5 heteroatoms. The largest absolute Gasteiger partial charge is 0.385 e. The van der Waals surface area contributed by atoms with Crippen LogP contribution in [0.5, 0.6) is 0 Å². The fraction of sp³-hybridized carbons (Fsp3) is 0.714. The zero-order chi connectivity index (χ0) is 13.3. The van der Waals surface area contributed by atoms with Crippen molar-refractivity contribution >= 4 is 5.82 Å². The van der Waals surface area contributed by atoms with Crippen molar-refractivity contribution in [1.82, 2.24) is 9.97 Å². The van der Waals surface area contributed by atoms with Crippen molar-refractivity contribution in [3.05, 3.63) is 22.2 Å². The van der Waals surface area contributed by atoms with E-state index in [1.54, 1.807) is 13.2 Å². The van der Waals surface area contributed by atoms with Gasteiger partial charge < -0.3 is 15.0 Å². The van der Waals surface area contributed by atoms with Gasteiger partial charge in [0.05, 0.1) is 0 Å². The van der Waals surface area contributed by atoms with Crippen LogP contribution in [-0.2, 0) is 4.74 Å². The molecule has 1 aromatic rings. The van der Waals surface area contributed by atoms with Crippen molar-refractivity contribution in [3.8, 4) is 0 Å². The normalized spacial score (nSPS) is 20.3. The van der Waals surface area contributed by atoms with Crippen LogP contribution in [-0.4, -0.2) is 30.2 Å². The van der Waals surface area contributed by atoms with Crippen LogP contribution in [0.3, 0.4) is 0 Å². The number of aromatic amines is 1. The van der Waals surface area contributed by atoms with E-state index in [1.165, 1.54) is 12.8 Å². The van der Waals surface area contributed by atoms with Crippen LogP contribution in [0, 0.1) is 5.41 Å². The molecule has 104 valence electrons. The minimum Gasteiger partial charge on any atom is -0.385 e. The lowest BCUT2D eigenvalue weighted by Crippen LogP contribution is -2.20. The van der Waals surface area contributed by atoms with Crippen LogP contribution >= 0.6 is 0 Å². The molecule has 2 aliphatic rings. The second kappa shape index (κ2) is 4.96. The second-order valence-electron chi connectivity index (χ2n) is 5.89. The van der Waals surface area contributed by atoms with Gasteiger partial charge in [0.2, 0.25) is 0 Å². The Bertz CT molecular complexity index is 504. The second-order valence-corrected chi connectivity index (χ2v) is 5.89. The predicted molar refractivity (Wildman–Crippen MR) is 73.5 cm³/mol. The maximum atomic E-state index is 11.6. The Labute approximate surface area is 112 Å². The van der Waals surface area contributed by atoms with E-state index in [0.717, 1.165) is 38.2 Å². The molecule has 1 aromatic heterocycles. The minimum absolute atomic E-state index is 0.0545.